The lowest BCUT2D eigenvalue weighted by molar-refractivity contribution is -0.123. The summed E-state index contributed by atoms with van der Waals surface area (Å²) in [6, 6.07) is 15.0. The molecule has 3 N–H and O–H groups in total. The summed E-state index contributed by atoms with van der Waals surface area (Å²) in [6.45, 7) is 10.4. The maximum Gasteiger partial charge on any atom is 0.276 e. The first kappa shape index (κ1) is 24.3. The molecule has 6 nitrogen and oxygen atoms in total. The van der Waals surface area contributed by atoms with Gasteiger partial charge in [-0.3, -0.25) is 25.8 Å². The van der Waals surface area contributed by atoms with Crippen LogP contribution >= 0.6 is 12.2 Å². The molecule has 0 radical (unpaired) electrons. The number of hydrazine groups is 1. The van der Waals surface area contributed by atoms with Gasteiger partial charge in [0.1, 0.15) is 5.75 Å². The van der Waals surface area contributed by atoms with E-state index in [9.17, 15) is 9.59 Å². The van der Waals surface area contributed by atoms with Crippen LogP contribution in [0.3, 0.4) is 0 Å². The highest BCUT2D eigenvalue weighted by Gasteiger charge is 2.15. The van der Waals surface area contributed by atoms with Crippen molar-refractivity contribution >= 4 is 29.1 Å². The Bertz CT molecular complexity index is 903. The fourth-order valence-corrected chi connectivity index (χ4v) is 2.91. The molecule has 1 unspecified atom stereocenters. The fourth-order valence-electron chi connectivity index (χ4n) is 2.77. The van der Waals surface area contributed by atoms with E-state index >= 15 is 0 Å². The van der Waals surface area contributed by atoms with Crippen LogP contribution in [0.4, 0.5) is 0 Å². The summed E-state index contributed by atoms with van der Waals surface area (Å²) in [4.78, 5) is 24.3. The largest absolute Gasteiger partial charge is 0.484 e. The first-order valence-electron chi connectivity index (χ1n) is 10.3. The molecule has 2 aromatic rings. The van der Waals surface area contributed by atoms with Gasteiger partial charge < -0.3 is 4.74 Å². The molecule has 7 heteroatoms. The number of hydrogen-bond acceptors (Lipinski definition) is 4. The Morgan fingerprint density at radius 3 is 2.16 bits per heavy atom. The predicted octanol–water partition coefficient (Wildman–Crippen LogP) is 4.21. The Morgan fingerprint density at radius 1 is 1.00 bits per heavy atom. The van der Waals surface area contributed by atoms with E-state index in [-0.39, 0.29) is 23.0 Å². The Kier molecular flexibility index (Phi) is 8.56. The van der Waals surface area contributed by atoms with Crippen LogP contribution in [0.15, 0.2) is 48.5 Å². The van der Waals surface area contributed by atoms with Crippen molar-refractivity contribution in [3.05, 3.63) is 65.2 Å². The minimum absolute atomic E-state index is 0.00356. The second-order valence-corrected chi connectivity index (χ2v) is 8.86. The van der Waals surface area contributed by atoms with E-state index in [1.807, 2.05) is 36.4 Å². The van der Waals surface area contributed by atoms with E-state index in [4.69, 9.17) is 17.0 Å². The summed E-state index contributed by atoms with van der Waals surface area (Å²) in [6.07, 6.45) is 1.06. The lowest BCUT2D eigenvalue weighted by Gasteiger charge is -2.19. The summed E-state index contributed by atoms with van der Waals surface area (Å²) < 4.78 is 5.47. The van der Waals surface area contributed by atoms with Crippen molar-refractivity contribution < 1.29 is 14.3 Å². The topological polar surface area (TPSA) is 79.5 Å². The van der Waals surface area contributed by atoms with E-state index in [0.717, 1.165) is 12.0 Å². The van der Waals surface area contributed by atoms with Crippen molar-refractivity contribution in [2.75, 3.05) is 6.61 Å². The molecule has 2 rings (SSSR count). The zero-order valence-electron chi connectivity index (χ0n) is 18.7. The number of nitrogens with one attached hydrogen (secondary N) is 3. The van der Waals surface area contributed by atoms with Gasteiger partial charge >= 0.3 is 0 Å². The molecular weight excluding hydrogens is 410 g/mol. The predicted molar refractivity (Wildman–Crippen MR) is 127 cm³/mol. The second-order valence-electron chi connectivity index (χ2n) is 8.45. The third kappa shape index (κ3) is 7.68. The van der Waals surface area contributed by atoms with E-state index in [0.29, 0.717) is 17.2 Å². The molecule has 0 saturated carbocycles. The summed E-state index contributed by atoms with van der Waals surface area (Å²) in [5, 5.41) is 2.53. The lowest BCUT2D eigenvalue weighted by atomic mass is 9.87. The molecule has 0 heterocycles. The fraction of sp³-hybridized carbons (Fsp3) is 0.375. The number of benzene rings is 2. The smallest absolute Gasteiger partial charge is 0.276 e. The number of thiocarbonyl (C=S) groups is 1. The van der Waals surface area contributed by atoms with Crippen molar-refractivity contribution in [2.45, 2.75) is 52.4 Å². The van der Waals surface area contributed by atoms with Crippen LogP contribution < -0.4 is 20.9 Å². The van der Waals surface area contributed by atoms with Crippen LogP contribution in [-0.4, -0.2) is 23.5 Å². The monoisotopic (exact) mass is 441 g/mol. The number of rotatable bonds is 6. The maximum atomic E-state index is 12.3. The average Bonchev–Trinajstić information content (AvgIpc) is 2.75. The normalized spacial score (nSPS) is 11.9. The number of amides is 2. The zero-order chi connectivity index (χ0) is 23.0. The van der Waals surface area contributed by atoms with Crippen molar-refractivity contribution in [3.63, 3.8) is 0 Å². The van der Waals surface area contributed by atoms with Crippen molar-refractivity contribution in [2.24, 2.45) is 0 Å². The molecule has 0 aliphatic carbocycles. The molecule has 0 fully saturated rings. The first-order chi connectivity index (χ1) is 14.6. The van der Waals surface area contributed by atoms with Gasteiger partial charge in [0.25, 0.3) is 11.8 Å². The molecule has 1 atom stereocenters. The average molecular weight is 442 g/mol. The lowest BCUT2D eigenvalue weighted by Crippen LogP contribution is -2.49. The highest BCUT2D eigenvalue weighted by atomic mass is 32.1. The molecule has 2 aromatic carbocycles. The zero-order valence-corrected chi connectivity index (χ0v) is 19.6. The summed E-state index contributed by atoms with van der Waals surface area (Å²) in [5.41, 5.74) is 7.76. The SMILES string of the molecule is CCC(C)c1ccc(OCC(=O)NNC(=S)NC(=O)c2ccc(C(C)(C)C)cc2)cc1. The van der Waals surface area contributed by atoms with Gasteiger partial charge in [0.15, 0.2) is 11.7 Å². The molecule has 0 bridgehead atoms. The Balaban J connectivity index is 1.75. The third-order valence-electron chi connectivity index (χ3n) is 4.99. The highest BCUT2D eigenvalue weighted by molar-refractivity contribution is 7.80. The molecule has 0 saturated heterocycles. The van der Waals surface area contributed by atoms with Gasteiger partial charge in [0.2, 0.25) is 0 Å². The van der Waals surface area contributed by atoms with Gasteiger partial charge in [0.05, 0.1) is 0 Å². The van der Waals surface area contributed by atoms with Crippen molar-refractivity contribution in [3.8, 4) is 5.75 Å². The van der Waals surface area contributed by atoms with Crippen LogP contribution in [0, 0.1) is 0 Å². The molecule has 166 valence electrons. The van der Waals surface area contributed by atoms with E-state index in [1.54, 1.807) is 12.1 Å². The van der Waals surface area contributed by atoms with Gasteiger partial charge in [-0.25, -0.2) is 0 Å². The summed E-state index contributed by atoms with van der Waals surface area (Å²) >= 11 is 5.06. The Morgan fingerprint density at radius 2 is 1.61 bits per heavy atom. The molecule has 2 amide bonds. The van der Waals surface area contributed by atoms with Crippen LogP contribution in [-0.2, 0) is 10.2 Å². The van der Waals surface area contributed by atoms with Gasteiger partial charge in [0, 0.05) is 5.56 Å². The van der Waals surface area contributed by atoms with Crippen LogP contribution in [0.5, 0.6) is 5.75 Å². The molecule has 0 aliphatic rings. The van der Waals surface area contributed by atoms with Crippen LogP contribution in [0.2, 0.25) is 0 Å². The van der Waals surface area contributed by atoms with Gasteiger partial charge in [-0.15, -0.1) is 0 Å². The molecule has 0 aliphatic heterocycles. The van der Waals surface area contributed by atoms with E-state index < -0.39 is 5.91 Å². The Hall–Kier alpha value is -2.93. The minimum atomic E-state index is -0.419. The van der Waals surface area contributed by atoms with Crippen LogP contribution in [0.25, 0.3) is 0 Å². The van der Waals surface area contributed by atoms with Gasteiger partial charge in [-0.1, -0.05) is 58.9 Å². The van der Waals surface area contributed by atoms with Crippen LogP contribution in [0.1, 0.15) is 68.4 Å². The van der Waals surface area contributed by atoms with Gasteiger partial charge in [-0.2, -0.15) is 0 Å². The molecular formula is C24H31N3O3S. The number of carbonyl (C=O) groups is 2. The number of hydrogen-bond donors (Lipinski definition) is 3. The summed E-state index contributed by atoms with van der Waals surface area (Å²) in [5.74, 6) is 0.313. The van der Waals surface area contributed by atoms with E-state index in [1.165, 1.54) is 5.56 Å². The third-order valence-corrected chi connectivity index (χ3v) is 5.19. The number of ether oxygens (including phenoxy) is 1. The quantitative estimate of drug-likeness (QED) is 0.462. The Labute approximate surface area is 189 Å². The highest BCUT2D eigenvalue weighted by Crippen LogP contribution is 2.22. The first-order valence-corrected chi connectivity index (χ1v) is 10.7. The second kappa shape index (κ2) is 10.9. The number of carbonyl (C=O) groups excluding carboxylic acids is 2. The molecule has 0 spiro atoms. The van der Waals surface area contributed by atoms with E-state index in [2.05, 4.69) is 50.8 Å². The van der Waals surface area contributed by atoms with Gasteiger partial charge in [-0.05, 0) is 65.4 Å². The minimum Gasteiger partial charge on any atom is -0.484 e. The standard InChI is InChI=1S/C24H31N3O3S/c1-6-16(2)17-9-13-20(14-10-17)30-15-21(28)26-27-23(31)25-22(29)18-7-11-19(12-8-18)24(3,4)5/h7-14,16H,6,15H2,1-5H3,(H,26,28)(H2,25,27,29,31). The van der Waals surface area contributed by atoms with Crippen molar-refractivity contribution in [1.29, 1.82) is 0 Å². The summed E-state index contributed by atoms with van der Waals surface area (Å²) in [7, 11) is 0. The molecule has 0 aromatic heterocycles. The molecule has 31 heavy (non-hydrogen) atoms. The maximum absolute atomic E-state index is 12.3. The van der Waals surface area contributed by atoms with Crippen molar-refractivity contribution in [1.82, 2.24) is 16.2 Å².